The lowest BCUT2D eigenvalue weighted by molar-refractivity contribution is -0.138. The van der Waals surface area contributed by atoms with Crippen molar-refractivity contribution in [3.63, 3.8) is 0 Å². The standard InChI is InChI=1S/C20H19ClFN9O.C10H12ClFN2.C10H9N7O2.C9H18N2O2.C6H3BrClF.4ClH/c21-12-1-2-14(13(22)9-12)29-5-7-30(8-6-29)15(32)10-31-20-16(18(23)26-11-27-20)17(28-31)19-24-3-4-25-19;11-8-1-2-10(9(12)7-8)14-5-3-13-4-6-14;11-8-6-7(9-12-1-2-13-9)16-17(3-5(18)19)10(6)15-4-14-8;1-9(2,3)13-8(12)11-6-4-10-5-7-11;7-5-2-1-4(8)3-6(5)9;;;;/h1-4,9,11H,5-8,10H2,(H,24,25)(H2,23,26,27);1-2,7,13H,3-6H2;1-2,4H,3H2,(H,12,13)(H,18,19)(H2,11,14,15);10H,4-7H2,1-3H3;1-3H;4*1H. The van der Waals surface area contributed by atoms with Crippen LogP contribution in [0.1, 0.15) is 20.8 Å². The Bertz CT molecular complexity index is 3800. The lowest BCUT2D eigenvalue weighted by Crippen LogP contribution is -2.49. The average molecular weight is 1470 g/mol. The maximum Gasteiger partial charge on any atom is 0.410 e. The molecule has 0 bridgehead atoms. The molecule has 0 radical (unpaired) electrons. The number of hydrogen-bond acceptors (Lipinski definition) is 18. The third kappa shape index (κ3) is 20.9. The number of piperazine rings is 3. The number of aromatic amines is 2. The number of anilines is 4. The third-order valence-corrected chi connectivity index (χ3v) is 14.4. The van der Waals surface area contributed by atoms with Crippen LogP contribution in [-0.2, 0) is 27.4 Å². The van der Waals surface area contributed by atoms with Crippen LogP contribution in [-0.4, -0.2) is 176 Å². The second-order valence-corrected chi connectivity index (χ2v) is 22.4. The molecular weight excluding hydrogens is 1410 g/mol. The molecular formula is C55H65BrCl7F3N20O5. The number of rotatable bonds is 8. The first-order valence-corrected chi connectivity index (χ1v) is 28.9. The van der Waals surface area contributed by atoms with Gasteiger partial charge in [-0.1, -0.05) is 34.8 Å². The van der Waals surface area contributed by atoms with Gasteiger partial charge in [-0.3, -0.25) is 9.59 Å². The van der Waals surface area contributed by atoms with Crippen molar-refractivity contribution in [1.29, 1.82) is 0 Å². The van der Waals surface area contributed by atoms with Crippen LogP contribution in [0.5, 0.6) is 0 Å². The van der Waals surface area contributed by atoms with Crippen molar-refractivity contribution in [3.05, 3.63) is 129 Å². The minimum atomic E-state index is -1.02. The van der Waals surface area contributed by atoms with Crippen molar-refractivity contribution < 1.29 is 37.4 Å². The highest BCUT2D eigenvalue weighted by Gasteiger charge is 2.27. The number of carboxylic acids is 1. The molecule has 91 heavy (non-hydrogen) atoms. The lowest BCUT2D eigenvalue weighted by Gasteiger charge is -2.36. The van der Waals surface area contributed by atoms with E-state index in [0.29, 0.717) is 102 Å². The number of halogens is 11. The first-order valence-electron chi connectivity index (χ1n) is 27.0. The highest BCUT2D eigenvalue weighted by molar-refractivity contribution is 9.10. The van der Waals surface area contributed by atoms with Crippen LogP contribution in [0.4, 0.5) is 41.0 Å². The number of H-pyrrole nitrogens is 2. The molecule has 9 heterocycles. The summed E-state index contributed by atoms with van der Waals surface area (Å²) in [6, 6.07) is 13.9. The maximum absolute atomic E-state index is 14.2. The molecule has 3 aliphatic heterocycles. The van der Waals surface area contributed by atoms with E-state index in [-0.39, 0.29) is 109 Å². The van der Waals surface area contributed by atoms with E-state index < -0.39 is 5.97 Å². The lowest BCUT2D eigenvalue weighted by atomic mass is 10.2. The van der Waals surface area contributed by atoms with Gasteiger partial charge in [-0.05, 0) is 91.3 Å². The highest BCUT2D eigenvalue weighted by atomic mass is 79.9. The monoisotopic (exact) mass is 1470 g/mol. The Labute approximate surface area is 568 Å². The van der Waals surface area contributed by atoms with E-state index >= 15 is 0 Å². The summed E-state index contributed by atoms with van der Waals surface area (Å²) in [5.41, 5.74) is 14.3. The SMILES string of the molecule is CC(C)(C)OC(=O)N1CCNCC1.Cl.Cl.Cl.Cl.Fc1cc(Cl)ccc1Br.Fc1cc(Cl)ccc1N1CCNCC1.Nc1ncnc2c1c(-c1ncc[nH]1)nn2CC(=O)N1CCN(c2ccc(Cl)cc2F)CC1.Nc1ncnc2c1c(-c1ncc[nH]1)nn2CC(=O)O. The zero-order valence-electron chi connectivity index (χ0n) is 48.8. The molecule has 25 nitrogen and oxygen atoms in total. The number of nitrogen functional groups attached to an aromatic ring is 2. The molecule has 0 aliphatic carbocycles. The zero-order valence-corrected chi connectivity index (χ0v) is 56.0. The number of fused-ring (bicyclic) bond motifs is 2. The Morgan fingerprint density at radius 2 is 1.02 bits per heavy atom. The summed E-state index contributed by atoms with van der Waals surface area (Å²) in [6.07, 6.45) is 8.89. The van der Waals surface area contributed by atoms with E-state index in [9.17, 15) is 27.6 Å². The number of amides is 2. The molecule has 3 aromatic carbocycles. The van der Waals surface area contributed by atoms with Crippen molar-refractivity contribution in [2.45, 2.75) is 39.5 Å². The van der Waals surface area contributed by atoms with Gasteiger partial charge in [0.05, 0.1) is 26.6 Å². The fraction of sp³-hybridized carbons (Fsp3) is 0.327. The normalized spacial score (nSPS) is 13.6. The van der Waals surface area contributed by atoms with Gasteiger partial charge >= 0.3 is 12.1 Å². The summed E-state index contributed by atoms with van der Waals surface area (Å²) >= 11 is 20.0. The molecule has 3 fully saturated rings. The molecule has 3 saturated heterocycles. The van der Waals surface area contributed by atoms with Gasteiger partial charge in [0.15, 0.2) is 22.9 Å². The maximum atomic E-state index is 14.2. The number of hydrogen-bond donors (Lipinski definition) is 7. The van der Waals surface area contributed by atoms with Gasteiger partial charge in [-0.25, -0.2) is 57.2 Å². The Kier molecular flexibility index (Phi) is 29.8. The van der Waals surface area contributed by atoms with Gasteiger partial charge in [-0.2, -0.15) is 10.2 Å². The average Bonchev–Trinajstić information content (AvgIpc) is 1.75. The quantitative estimate of drug-likeness (QED) is 0.0696. The summed E-state index contributed by atoms with van der Waals surface area (Å²) in [5.74, 6) is -0.588. The van der Waals surface area contributed by atoms with E-state index in [1.807, 2.05) is 30.6 Å². The number of imidazole rings is 2. The van der Waals surface area contributed by atoms with Gasteiger partial charge in [0.25, 0.3) is 0 Å². The smallest absolute Gasteiger partial charge is 0.410 e. The molecule has 3 aliphatic rings. The van der Waals surface area contributed by atoms with E-state index in [4.69, 9.17) is 56.1 Å². The number of aromatic nitrogens is 12. The Hall–Kier alpha value is -7.19. The van der Waals surface area contributed by atoms with Gasteiger partial charge in [0.2, 0.25) is 5.91 Å². The Balaban J connectivity index is 0.000000258. The zero-order chi connectivity index (χ0) is 62.4. The molecule has 0 saturated carbocycles. The summed E-state index contributed by atoms with van der Waals surface area (Å²) in [7, 11) is 0. The Morgan fingerprint density at radius 3 is 1.43 bits per heavy atom. The van der Waals surface area contributed by atoms with Crippen molar-refractivity contribution in [1.82, 2.24) is 79.9 Å². The predicted octanol–water partition coefficient (Wildman–Crippen LogP) is 9.47. The number of nitrogens with zero attached hydrogens (tertiary/aromatic N) is 14. The van der Waals surface area contributed by atoms with Crippen molar-refractivity contribution in [3.8, 4) is 23.0 Å². The number of carbonyl (C=O) groups excluding carboxylic acids is 2. The first kappa shape index (κ1) is 76.3. The molecule has 0 spiro atoms. The molecule has 12 rings (SSSR count). The number of nitrogens with one attached hydrogen (secondary N) is 4. The highest BCUT2D eigenvalue weighted by Crippen LogP contribution is 2.30. The second-order valence-electron chi connectivity index (χ2n) is 20.3. The fourth-order valence-corrected chi connectivity index (χ4v) is 9.70. The van der Waals surface area contributed by atoms with Crippen LogP contribution in [0.15, 0.2) is 96.5 Å². The van der Waals surface area contributed by atoms with Crippen molar-refractivity contribution in [2.24, 2.45) is 0 Å². The molecule has 9 N–H and O–H groups in total. The van der Waals surface area contributed by atoms with Crippen molar-refractivity contribution in [2.75, 3.05) is 99.8 Å². The summed E-state index contributed by atoms with van der Waals surface area (Å²) in [5, 5.41) is 26.2. The topological polar surface area (TPSA) is 314 Å². The molecule has 0 atom stereocenters. The van der Waals surface area contributed by atoms with E-state index in [0.717, 1.165) is 52.4 Å². The van der Waals surface area contributed by atoms with E-state index in [1.165, 1.54) is 40.2 Å². The number of aliphatic carboxylic acids is 1. The van der Waals surface area contributed by atoms with Gasteiger partial charge in [0.1, 0.15) is 71.8 Å². The summed E-state index contributed by atoms with van der Waals surface area (Å²) < 4.78 is 48.6. The third-order valence-electron chi connectivity index (χ3n) is 13.0. The molecule has 36 heteroatoms. The van der Waals surface area contributed by atoms with Gasteiger partial charge in [0, 0.05) is 118 Å². The van der Waals surface area contributed by atoms with Crippen LogP contribution in [0, 0.1) is 17.5 Å². The van der Waals surface area contributed by atoms with Crippen LogP contribution in [0.25, 0.3) is 45.1 Å². The predicted molar refractivity (Wildman–Crippen MR) is 358 cm³/mol. The number of ether oxygens (including phenoxy) is 1. The van der Waals surface area contributed by atoms with Gasteiger partial charge < -0.3 is 61.5 Å². The number of carboxylic acid groups (broad SMARTS) is 1. The largest absolute Gasteiger partial charge is 0.480 e. The van der Waals surface area contributed by atoms with E-state index in [2.05, 4.69) is 76.6 Å². The minimum Gasteiger partial charge on any atom is -0.480 e. The molecule has 0 unspecified atom stereocenters. The first-order chi connectivity index (χ1) is 41.6. The van der Waals surface area contributed by atoms with Crippen LogP contribution < -0.4 is 31.9 Å². The molecule has 492 valence electrons. The second kappa shape index (κ2) is 35.6. The fourth-order valence-electron chi connectivity index (χ4n) is 8.98. The van der Waals surface area contributed by atoms with Crippen LogP contribution in [0.2, 0.25) is 15.1 Å². The molecule has 9 aromatic rings. The van der Waals surface area contributed by atoms with Crippen LogP contribution in [0.3, 0.4) is 0 Å². The number of benzene rings is 3. The Morgan fingerprint density at radius 1 is 0.593 bits per heavy atom. The molecule has 6 aromatic heterocycles. The van der Waals surface area contributed by atoms with E-state index in [1.54, 1.807) is 71.0 Å². The number of nitrogens with two attached hydrogens (primary N) is 2. The van der Waals surface area contributed by atoms with Gasteiger partial charge in [-0.15, -0.1) is 49.6 Å². The van der Waals surface area contributed by atoms with Crippen LogP contribution >= 0.6 is 100 Å². The van der Waals surface area contributed by atoms with Crippen molar-refractivity contribution >= 4 is 163 Å². The number of carbonyl (C=O) groups is 3. The minimum absolute atomic E-state index is 0. The summed E-state index contributed by atoms with van der Waals surface area (Å²) in [6.45, 7) is 14.0. The molecule has 2 amide bonds. The summed E-state index contributed by atoms with van der Waals surface area (Å²) in [4.78, 5) is 73.2.